The highest BCUT2D eigenvalue weighted by atomic mass is 79.9. The van der Waals surface area contributed by atoms with Crippen molar-refractivity contribution < 1.29 is 9.53 Å². The SMILES string of the molecule is O=C(OCC=CCBr)c1ccccc1. The van der Waals surface area contributed by atoms with Gasteiger partial charge < -0.3 is 4.74 Å². The van der Waals surface area contributed by atoms with Crippen LogP contribution < -0.4 is 0 Å². The molecule has 2 nitrogen and oxygen atoms in total. The van der Waals surface area contributed by atoms with E-state index in [1.807, 2.05) is 24.3 Å². The first kappa shape index (κ1) is 11.0. The lowest BCUT2D eigenvalue weighted by Crippen LogP contribution is -2.04. The van der Waals surface area contributed by atoms with Gasteiger partial charge in [-0.3, -0.25) is 0 Å². The first-order valence-corrected chi connectivity index (χ1v) is 5.40. The molecule has 1 aromatic rings. The van der Waals surface area contributed by atoms with Crippen LogP contribution >= 0.6 is 15.9 Å². The van der Waals surface area contributed by atoms with Crippen LogP contribution in [0.3, 0.4) is 0 Å². The maximum Gasteiger partial charge on any atom is 0.338 e. The van der Waals surface area contributed by atoms with Crippen molar-refractivity contribution in [3.63, 3.8) is 0 Å². The fourth-order valence-electron chi connectivity index (χ4n) is 0.912. The molecule has 0 atom stereocenters. The Hall–Kier alpha value is -1.09. The molecule has 0 saturated heterocycles. The van der Waals surface area contributed by atoms with Crippen LogP contribution in [0.2, 0.25) is 0 Å². The predicted molar refractivity (Wildman–Crippen MR) is 59.7 cm³/mol. The Kier molecular flexibility index (Phi) is 5.00. The van der Waals surface area contributed by atoms with Gasteiger partial charge in [0.15, 0.2) is 0 Å². The highest BCUT2D eigenvalue weighted by molar-refractivity contribution is 9.09. The van der Waals surface area contributed by atoms with Gasteiger partial charge in [-0.15, -0.1) is 0 Å². The monoisotopic (exact) mass is 254 g/mol. The molecule has 0 saturated carbocycles. The molecule has 0 fully saturated rings. The highest BCUT2D eigenvalue weighted by Gasteiger charge is 2.03. The molecule has 0 aromatic heterocycles. The molecule has 0 aliphatic rings. The summed E-state index contributed by atoms with van der Waals surface area (Å²) >= 11 is 3.23. The molecule has 1 aromatic carbocycles. The molecule has 0 aliphatic heterocycles. The largest absolute Gasteiger partial charge is 0.458 e. The van der Waals surface area contributed by atoms with E-state index in [-0.39, 0.29) is 5.97 Å². The number of halogens is 1. The number of benzene rings is 1. The van der Waals surface area contributed by atoms with Gasteiger partial charge in [-0.05, 0) is 12.1 Å². The molecule has 0 aliphatic carbocycles. The lowest BCUT2D eigenvalue weighted by atomic mass is 10.2. The molecular weight excluding hydrogens is 244 g/mol. The van der Waals surface area contributed by atoms with Gasteiger partial charge in [0.05, 0.1) is 5.56 Å². The third kappa shape index (κ3) is 3.75. The Morgan fingerprint density at radius 1 is 1.29 bits per heavy atom. The van der Waals surface area contributed by atoms with Crippen molar-refractivity contribution in [1.82, 2.24) is 0 Å². The minimum absolute atomic E-state index is 0.287. The molecule has 3 heteroatoms. The number of carbonyl (C=O) groups is 1. The van der Waals surface area contributed by atoms with Gasteiger partial charge in [0, 0.05) is 5.33 Å². The number of esters is 1. The number of alkyl halides is 1. The van der Waals surface area contributed by atoms with E-state index in [9.17, 15) is 4.79 Å². The van der Waals surface area contributed by atoms with Crippen molar-refractivity contribution in [2.45, 2.75) is 0 Å². The minimum atomic E-state index is -0.287. The van der Waals surface area contributed by atoms with Crippen LogP contribution in [0.4, 0.5) is 0 Å². The molecule has 74 valence electrons. The van der Waals surface area contributed by atoms with Crippen LogP contribution in [0.15, 0.2) is 42.5 Å². The van der Waals surface area contributed by atoms with Crippen molar-refractivity contribution in [2.75, 3.05) is 11.9 Å². The summed E-state index contributed by atoms with van der Waals surface area (Å²) in [6, 6.07) is 8.95. The molecule has 0 unspecified atom stereocenters. The summed E-state index contributed by atoms with van der Waals surface area (Å²) in [5.41, 5.74) is 0.583. The number of carbonyl (C=O) groups excluding carboxylic acids is 1. The van der Waals surface area contributed by atoms with E-state index in [1.54, 1.807) is 18.2 Å². The van der Waals surface area contributed by atoms with Gasteiger partial charge in [-0.1, -0.05) is 46.3 Å². The Balaban J connectivity index is 2.40. The van der Waals surface area contributed by atoms with Crippen molar-refractivity contribution in [2.24, 2.45) is 0 Å². The van der Waals surface area contributed by atoms with Gasteiger partial charge in [0.1, 0.15) is 6.61 Å². The molecule has 0 spiro atoms. The summed E-state index contributed by atoms with van der Waals surface area (Å²) in [5.74, 6) is -0.287. The first-order chi connectivity index (χ1) is 6.84. The van der Waals surface area contributed by atoms with Crippen LogP contribution in [0.5, 0.6) is 0 Å². The Labute approximate surface area is 91.7 Å². The van der Waals surface area contributed by atoms with Crippen LogP contribution in [0.25, 0.3) is 0 Å². The number of rotatable bonds is 4. The quantitative estimate of drug-likeness (QED) is 0.469. The lowest BCUT2D eigenvalue weighted by Gasteiger charge is -2.00. The molecule has 0 bridgehead atoms. The van der Waals surface area contributed by atoms with E-state index in [4.69, 9.17) is 4.74 Å². The maximum absolute atomic E-state index is 11.3. The zero-order valence-corrected chi connectivity index (χ0v) is 9.24. The summed E-state index contributed by atoms with van der Waals surface area (Å²) in [6.07, 6.45) is 3.69. The van der Waals surface area contributed by atoms with Crippen molar-refractivity contribution >= 4 is 21.9 Å². The lowest BCUT2D eigenvalue weighted by molar-refractivity contribution is 0.0549. The molecule has 0 amide bonds. The summed E-state index contributed by atoms with van der Waals surface area (Å²) in [5, 5.41) is 0.774. The smallest absolute Gasteiger partial charge is 0.338 e. The zero-order valence-electron chi connectivity index (χ0n) is 7.65. The normalized spacial score (nSPS) is 10.4. The van der Waals surface area contributed by atoms with E-state index < -0.39 is 0 Å². The Morgan fingerprint density at radius 3 is 2.64 bits per heavy atom. The van der Waals surface area contributed by atoms with Crippen LogP contribution in [-0.2, 0) is 4.74 Å². The standard InChI is InChI=1S/C11H11BrO2/c12-8-4-5-9-14-11(13)10-6-2-1-3-7-10/h1-7H,8-9H2. The van der Waals surface area contributed by atoms with E-state index in [1.165, 1.54) is 0 Å². The molecule has 0 radical (unpaired) electrons. The van der Waals surface area contributed by atoms with Gasteiger partial charge in [0.25, 0.3) is 0 Å². The average Bonchev–Trinajstić information content (AvgIpc) is 2.25. The first-order valence-electron chi connectivity index (χ1n) is 4.27. The minimum Gasteiger partial charge on any atom is -0.458 e. The number of hydrogen-bond donors (Lipinski definition) is 0. The maximum atomic E-state index is 11.3. The van der Waals surface area contributed by atoms with Crippen molar-refractivity contribution in [3.8, 4) is 0 Å². The Morgan fingerprint density at radius 2 is 2.00 bits per heavy atom. The van der Waals surface area contributed by atoms with Gasteiger partial charge in [-0.2, -0.15) is 0 Å². The van der Waals surface area contributed by atoms with Crippen LogP contribution in [-0.4, -0.2) is 17.9 Å². The molecule has 14 heavy (non-hydrogen) atoms. The van der Waals surface area contributed by atoms with Crippen LogP contribution in [0, 0.1) is 0 Å². The van der Waals surface area contributed by atoms with Gasteiger partial charge >= 0.3 is 5.97 Å². The number of ether oxygens (including phenoxy) is 1. The van der Waals surface area contributed by atoms with Crippen LogP contribution in [0.1, 0.15) is 10.4 Å². The second-order valence-electron chi connectivity index (χ2n) is 2.59. The fourth-order valence-corrected chi connectivity index (χ4v) is 1.18. The Bertz CT molecular complexity index is 306. The van der Waals surface area contributed by atoms with Gasteiger partial charge in [0.2, 0.25) is 0 Å². The summed E-state index contributed by atoms with van der Waals surface area (Å²) in [7, 11) is 0. The van der Waals surface area contributed by atoms with E-state index in [0.29, 0.717) is 12.2 Å². The zero-order chi connectivity index (χ0) is 10.2. The number of allylic oxidation sites excluding steroid dienone is 1. The predicted octanol–water partition coefficient (Wildman–Crippen LogP) is 2.79. The molecular formula is C11H11BrO2. The number of hydrogen-bond acceptors (Lipinski definition) is 2. The van der Waals surface area contributed by atoms with E-state index in [0.717, 1.165) is 5.33 Å². The third-order valence-electron chi connectivity index (χ3n) is 1.58. The van der Waals surface area contributed by atoms with Gasteiger partial charge in [-0.25, -0.2) is 4.79 Å². The summed E-state index contributed by atoms with van der Waals surface area (Å²) in [6.45, 7) is 0.319. The van der Waals surface area contributed by atoms with Crippen molar-refractivity contribution in [3.05, 3.63) is 48.0 Å². The van der Waals surface area contributed by atoms with Crippen molar-refractivity contribution in [1.29, 1.82) is 0 Å². The fraction of sp³-hybridized carbons (Fsp3) is 0.182. The topological polar surface area (TPSA) is 26.3 Å². The molecule has 1 rings (SSSR count). The highest BCUT2D eigenvalue weighted by Crippen LogP contribution is 2.00. The third-order valence-corrected chi connectivity index (χ3v) is 1.95. The average molecular weight is 255 g/mol. The second kappa shape index (κ2) is 6.38. The molecule has 0 N–H and O–H groups in total. The van der Waals surface area contributed by atoms with E-state index >= 15 is 0 Å². The summed E-state index contributed by atoms with van der Waals surface area (Å²) < 4.78 is 4.98. The molecule has 0 heterocycles. The van der Waals surface area contributed by atoms with E-state index in [2.05, 4.69) is 15.9 Å². The summed E-state index contributed by atoms with van der Waals surface area (Å²) in [4.78, 5) is 11.3. The second-order valence-corrected chi connectivity index (χ2v) is 3.24.